The molecule has 1 aromatic carbocycles. The van der Waals surface area contributed by atoms with E-state index in [1.807, 2.05) is 19.2 Å². The van der Waals surface area contributed by atoms with E-state index in [9.17, 15) is 18.0 Å². The summed E-state index contributed by atoms with van der Waals surface area (Å²) >= 11 is 1.39. The number of esters is 1. The molecule has 1 atom stereocenters. The maximum absolute atomic E-state index is 12.6. The number of methoxy groups -OCH3 is 1. The van der Waals surface area contributed by atoms with Crippen molar-refractivity contribution in [3.63, 3.8) is 0 Å². The number of hydrogen-bond acceptors (Lipinski definition) is 5. The molecular formula is C18H21F3N2O2S. The molecule has 0 bridgehead atoms. The highest BCUT2D eigenvalue weighted by Crippen LogP contribution is 2.31. The van der Waals surface area contributed by atoms with Crippen molar-refractivity contribution in [1.82, 2.24) is 9.88 Å². The number of benzene rings is 1. The first-order valence-corrected chi connectivity index (χ1v) is 9.04. The summed E-state index contributed by atoms with van der Waals surface area (Å²) in [6.45, 7) is 5.66. The third kappa shape index (κ3) is 5.28. The van der Waals surface area contributed by atoms with Crippen LogP contribution < -0.4 is 0 Å². The van der Waals surface area contributed by atoms with Crippen molar-refractivity contribution in [2.75, 3.05) is 20.2 Å². The molecule has 0 fully saturated rings. The van der Waals surface area contributed by atoms with Crippen LogP contribution in [0.3, 0.4) is 0 Å². The highest BCUT2D eigenvalue weighted by atomic mass is 32.1. The second kappa shape index (κ2) is 8.64. The van der Waals surface area contributed by atoms with Gasteiger partial charge in [-0.05, 0) is 18.7 Å². The fraction of sp³-hybridized carbons (Fsp3) is 0.444. The van der Waals surface area contributed by atoms with Crippen molar-refractivity contribution >= 4 is 17.3 Å². The van der Waals surface area contributed by atoms with E-state index in [0.717, 1.165) is 24.4 Å². The molecule has 0 aliphatic heterocycles. The van der Waals surface area contributed by atoms with Crippen molar-refractivity contribution in [2.45, 2.75) is 26.6 Å². The van der Waals surface area contributed by atoms with Crippen molar-refractivity contribution in [3.05, 3.63) is 40.9 Å². The average molecular weight is 386 g/mol. The summed E-state index contributed by atoms with van der Waals surface area (Å²) in [6.07, 6.45) is -4.34. The largest absolute Gasteiger partial charge is 0.469 e. The van der Waals surface area contributed by atoms with Gasteiger partial charge in [-0.25, -0.2) is 4.98 Å². The number of aromatic nitrogens is 1. The van der Waals surface area contributed by atoms with E-state index in [4.69, 9.17) is 4.74 Å². The lowest BCUT2D eigenvalue weighted by Crippen LogP contribution is -2.32. The van der Waals surface area contributed by atoms with Gasteiger partial charge in [0, 0.05) is 24.0 Å². The SMILES string of the molecule is CCN(Cc1csc(-c2ccc(C(F)(F)F)cc2)n1)CC(C)C(=O)OC. The van der Waals surface area contributed by atoms with Crippen LogP contribution in [0.2, 0.25) is 0 Å². The Morgan fingerprint density at radius 2 is 1.96 bits per heavy atom. The van der Waals surface area contributed by atoms with Crippen LogP contribution >= 0.6 is 11.3 Å². The number of hydrogen-bond donors (Lipinski definition) is 0. The zero-order chi connectivity index (χ0) is 19.3. The third-order valence-electron chi connectivity index (χ3n) is 3.98. The topological polar surface area (TPSA) is 42.4 Å². The summed E-state index contributed by atoms with van der Waals surface area (Å²) in [5, 5.41) is 2.56. The van der Waals surface area contributed by atoms with Crippen LogP contribution in [0.25, 0.3) is 10.6 Å². The Labute approximate surface area is 154 Å². The van der Waals surface area contributed by atoms with Gasteiger partial charge in [-0.15, -0.1) is 11.3 Å². The Hall–Kier alpha value is -1.93. The highest BCUT2D eigenvalue weighted by molar-refractivity contribution is 7.13. The molecule has 2 rings (SSSR count). The Morgan fingerprint density at radius 1 is 1.31 bits per heavy atom. The maximum atomic E-state index is 12.6. The molecule has 0 spiro atoms. The molecule has 0 amide bonds. The number of carbonyl (C=O) groups excluding carboxylic acids is 1. The normalized spacial score (nSPS) is 13.0. The zero-order valence-corrected chi connectivity index (χ0v) is 15.7. The summed E-state index contributed by atoms with van der Waals surface area (Å²) in [5.74, 6) is -0.500. The summed E-state index contributed by atoms with van der Waals surface area (Å²) < 4.78 is 42.7. The summed E-state index contributed by atoms with van der Waals surface area (Å²) in [4.78, 5) is 18.1. The van der Waals surface area contributed by atoms with Gasteiger partial charge in [-0.1, -0.05) is 26.0 Å². The van der Waals surface area contributed by atoms with Crippen LogP contribution in [-0.2, 0) is 22.3 Å². The smallest absolute Gasteiger partial charge is 0.416 e. The number of rotatable bonds is 7. The number of halogens is 3. The van der Waals surface area contributed by atoms with Gasteiger partial charge in [0.25, 0.3) is 0 Å². The molecule has 0 N–H and O–H groups in total. The molecule has 4 nitrogen and oxygen atoms in total. The van der Waals surface area contributed by atoms with Gasteiger partial charge < -0.3 is 4.74 Å². The summed E-state index contributed by atoms with van der Waals surface area (Å²) in [7, 11) is 1.37. The zero-order valence-electron chi connectivity index (χ0n) is 14.8. The van der Waals surface area contributed by atoms with Crippen molar-refractivity contribution in [1.29, 1.82) is 0 Å². The quantitative estimate of drug-likeness (QED) is 0.659. The van der Waals surface area contributed by atoms with E-state index < -0.39 is 11.7 Å². The monoisotopic (exact) mass is 386 g/mol. The van der Waals surface area contributed by atoms with E-state index in [1.165, 1.54) is 30.6 Å². The molecule has 26 heavy (non-hydrogen) atoms. The molecule has 1 heterocycles. The van der Waals surface area contributed by atoms with Gasteiger partial charge in [-0.2, -0.15) is 13.2 Å². The van der Waals surface area contributed by atoms with Gasteiger partial charge >= 0.3 is 12.1 Å². The minimum absolute atomic E-state index is 0.243. The first-order chi connectivity index (χ1) is 12.2. The summed E-state index contributed by atoms with van der Waals surface area (Å²) in [6, 6.07) is 4.99. The van der Waals surface area contributed by atoms with Crippen LogP contribution in [0.15, 0.2) is 29.6 Å². The molecule has 8 heteroatoms. The third-order valence-corrected chi connectivity index (χ3v) is 4.92. The molecule has 1 aromatic heterocycles. The first kappa shape index (κ1) is 20.4. The fourth-order valence-corrected chi connectivity index (χ4v) is 3.33. The molecule has 0 aliphatic rings. The molecular weight excluding hydrogens is 365 g/mol. The Morgan fingerprint density at radius 3 is 2.50 bits per heavy atom. The summed E-state index contributed by atoms with van der Waals surface area (Å²) in [5.41, 5.74) is 0.802. The van der Waals surface area contributed by atoms with Gasteiger partial charge in [-0.3, -0.25) is 9.69 Å². The first-order valence-electron chi connectivity index (χ1n) is 8.16. The number of ether oxygens (including phenoxy) is 1. The Balaban J connectivity index is 2.05. The lowest BCUT2D eigenvalue weighted by molar-refractivity contribution is -0.145. The number of carbonyl (C=O) groups is 1. The van der Waals surface area contributed by atoms with Gasteiger partial charge in [0.1, 0.15) is 5.01 Å². The Bertz CT molecular complexity index is 729. The van der Waals surface area contributed by atoms with Gasteiger partial charge in [0.05, 0.1) is 24.3 Å². The molecule has 2 aromatic rings. The minimum Gasteiger partial charge on any atom is -0.469 e. The van der Waals surface area contributed by atoms with Crippen molar-refractivity contribution < 1.29 is 22.7 Å². The second-order valence-electron chi connectivity index (χ2n) is 5.97. The Kier molecular flexibility index (Phi) is 6.77. The van der Waals surface area contributed by atoms with E-state index in [1.54, 1.807) is 0 Å². The number of thiazole rings is 1. The second-order valence-corrected chi connectivity index (χ2v) is 6.83. The van der Waals surface area contributed by atoms with E-state index in [0.29, 0.717) is 23.7 Å². The predicted octanol–water partition coefficient (Wildman–Crippen LogP) is 4.46. The highest BCUT2D eigenvalue weighted by Gasteiger charge is 2.30. The van der Waals surface area contributed by atoms with Crippen LogP contribution in [-0.4, -0.2) is 36.1 Å². The van der Waals surface area contributed by atoms with Gasteiger partial charge in [0.2, 0.25) is 0 Å². The lowest BCUT2D eigenvalue weighted by Gasteiger charge is -2.22. The molecule has 0 saturated carbocycles. The minimum atomic E-state index is -4.34. The van der Waals surface area contributed by atoms with E-state index in [2.05, 4.69) is 9.88 Å². The molecule has 0 aliphatic carbocycles. The number of nitrogens with zero attached hydrogens (tertiary/aromatic N) is 2. The number of alkyl halides is 3. The van der Waals surface area contributed by atoms with Crippen LogP contribution in [0.4, 0.5) is 13.2 Å². The van der Waals surface area contributed by atoms with Crippen LogP contribution in [0.5, 0.6) is 0 Å². The van der Waals surface area contributed by atoms with E-state index >= 15 is 0 Å². The average Bonchev–Trinajstić information content (AvgIpc) is 3.08. The van der Waals surface area contributed by atoms with Gasteiger partial charge in [0.15, 0.2) is 0 Å². The standard InChI is InChI=1S/C18H21F3N2O2S/c1-4-23(9-12(2)17(24)25-3)10-15-11-26-16(22-15)13-5-7-14(8-6-13)18(19,20)21/h5-8,11-12H,4,9-10H2,1-3H3. The van der Waals surface area contributed by atoms with Crippen LogP contribution in [0, 0.1) is 5.92 Å². The van der Waals surface area contributed by atoms with E-state index in [-0.39, 0.29) is 11.9 Å². The predicted molar refractivity (Wildman–Crippen MR) is 94.7 cm³/mol. The fourth-order valence-electron chi connectivity index (χ4n) is 2.51. The van der Waals surface area contributed by atoms with Crippen molar-refractivity contribution in [2.24, 2.45) is 5.92 Å². The molecule has 0 radical (unpaired) electrons. The maximum Gasteiger partial charge on any atom is 0.416 e. The lowest BCUT2D eigenvalue weighted by atomic mass is 10.1. The molecule has 1 unspecified atom stereocenters. The molecule has 0 saturated heterocycles. The van der Waals surface area contributed by atoms with Crippen molar-refractivity contribution in [3.8, 4) is 10.6 Å². The van der Waals surface area contributed by atoms with Crippen LogP contribution in [0.1, 0.15) is 25.1 Å². The molecule has 142 valence electrons.